The number of rotatable bonds is 7. The first kappa shape index (κ1) is 18.9. The Labute approximate surface area is 146 Å². The maximum atomic E-state index is 12.1. The maximum absolute atomic E-state index is 12.1. The second-order valence-corrected chi connectivity index (χ2v) is 7.37. The summed E-state index contributed by atoms with van der Waals surface area (Å²) in [5.41, 5.74) is 2.60. The minimum atomic E-state index is -0.287. The fourth-order valence-corrected chi connectivity index (χ4v) is 3.30. The van der Waals surface area contributed by atoms with Crippen LogP contribution in [0.5, 0.6) is 0 Å². The second-order valence-electron chi connectivity index (χ2n) is 7.37. The number of nitrogens with one attached hydrogen (secondary N) is 1. The van der Waals surface area contributed by atoms with Crippen molar-refractivity contribution < 1.29 is 9.90 Å². The summed E-state index contributed by atoms with van der Waals surface area (Å²) in [6.07, 6.45) is 2.69. The van der Waals surface area contributed by atoms with Crippen molar-refractivity contribution >= 4 is 5.91 Å². The third-order valence-electron chi connectivity index (χ3n) is 4.97. The Morgan fingerprint density at radius 2 is 2.00 bits per heavy atom. The van der Waals surface area contributed by atoms with Crippen LogP contribution in [0.1, 0.15) is 50.7 Å². The summed E-state index contributed by atoms with van der Waals surface area (Å²) >= 11 is 0. The first-order valence-corrected chi connectivity index (χ1v) is 9.21. The van der Waals surface area contributed by atoms with Gasteiger partial charge in [-0.1, -0.05) is 38.1 Å². The first-order valence-electron chi connectivity index (χ1n) is 9.21. The number of benzene rings is 1. The minimum Gasteiger partial charge on any atom is -0.393 e. The Morgan fingerprint density at radius 3 is 2.62 bits per heavy atom. The number of aliphatic hydroxyl groups excluding tert-OH is 1. The Morgan fingerprint density at radius 1 is 1.29 bits per heavy atom. The lowest BCUT2D eigenvalue weighted by atomic mass is 9.93. The number of carbonyl (C=O) groups is 1. The third-order valence-corrected chi connectivity index (χ3v) is 4.97. The van der Waals surface area contributed by atoms with E-state index in [1.54, 1.807) is 0 Å². The third kappa shape index (κ3) is 5.91. The van der Waals surface area contributed by atoms with Crippen LogP contribution in [-0.4, -0.2) is 48.2 Å². The topological polar surface area (TPSA) is 52.6 Å². The van der Waals surface area contributed by atoms with E-state index in [4.69, 9.17) is 0 Å². The van der Waals surface area contributed by atoms with E-state index in [1.165, 1.54) is 11.1 Å². The zero-order valence-electron chi connectivity index (χ0n) is 15.3. The van der Waals surface area contributed by atoms with Crippen molar-refractivity contribution in [1.82, 2.24) is 10.2 Å². The van der Waals surface area contributed by atoms with E-state index < -0.39 is 0 Å². The van der Waals surface area contributed by atoms with E-state index in [0.717, 1.165) is 32.4 Å². The summed E-state index contributed by atoms with van der Waals surface area (Å²) in [7, 11) is 0. The molecule has 2 atom stereocenters. The number of amides is 1. The molecule has 0 saturated carbocycles. The van der Waals surface area contributed by atoms with Crippen LogP contribution in [-0.2, 0) is 11.2 Å². The molecule has 0 aromatic heterocycles. The molecule has 4 heteroatoms. The van der Waals surface area contributed by atoms with Crippen LogP contribution in [0.15, 0.2) is 24.3 Å². The fourth-order valence-electron chi connectivity index (χ4n) is 3.30. The number of hydrogen-bond donors (Lipinski definition) is 2. The Kier molecular flexibility index (Phi) is 7.25. The smallest absolute Gasteiger partial charge is 0.234 e. The SMILES string of the molecule is CC(C)c1ccc(CCNC(=O)CN2CCCC(C(C)O)C2)cc1. The molecule has 0 radical (unpaired) electrons. The summed E-state index contributed by atoms with van der Waals surface area (Å²) in [5.74, 6) is 0.930. The van der Waals surface area contributed by atoms with E-state index in [2.05, 4.69) is 48.3 Å². The van der Waals surface area contributed by atoms with Crippen LogP contribution in [0.4, 0.5) is 0 Å². The molecule has 1 aliphatic rings. The highest BCUT2D eigenvalue weighted by Gasteiger charge is 2.24. The molecule has 2 rings (SSSR count). The summed E-state index contributed by atoms with van der Waals surface area (Å²) in [5, 5.41) is 12.7. The molecular formula is C20H32N2O2. The van der Waals surface area contributed by atoms with Crippen LogP contribution < -0.4 is 5.32 Å². The van der Waals surface area contributed by atoms with Crippen LogP contribution in [0.2, 0.25) is 0 Å². The van der Waals surface area contributed by atoms with Gasteiger partial charge in [0.25, 0.3) is 0 Å². The number of hydrogen-bond acceptors (Lipinski definition) is 3. The lowest BCUT2D eigenvalue weighted by molar-refractivity contribution is -0.122. The summed E-state index contributed by atoms with van der Waals surface area (Å²) < 4.78 is 0. The van der Waals surface area contributed by atoms with Gasteiger partial charge in [-0.25, -0.2) is 0 Å². The highest BCUT2D eigenvalue weighted by Crippen LogP contribution is 2.19. The molecule has 2 unspecified atom stereocenters. The molecule has 0 aliphatic carbocycles. The van der Waals surface area contributed by atoms with Crippen molar-refractivity contribution in [3.05, 3.63) is 35.4 Å². The average Bonchev–Trinajstić information content (AvgIpc) is 2.55. The van der Waals surface area contributed by atoms with Gasteiger partial charge in [0.15, 0.2) is 0 Å². The molecule has 1 aromatic carbocycles. The summed E-state index contributed by atoms with van der Waals surface area (Å²) in [4.78, 5) is 14.3. The van der Waals surface area contributed by atoms with E-state index >= 15 is 0 Å². The molecule has 1 heterocycles. The summed E-state index contributed by atoms with van der Waals surface area (Å²) in [6.45, 7) is 9.12. The molecule has 134 valence electrons. The van der Waals surface area contributed by atoms with Crippen molar-refractivity contribution in [2.75, 3.05) is 26.2 Å². The van der Waals surface area contributed by atoms with Gasteiger partial charge < -0.3 is 10.4 Å². The van der Waals surface area contributed by atoms with E-state index in [0.29, 0.717) is 24.9 Å². The minimum absolute atomic E-state index is 0.0834. The van der Waals surface area contributed by atoms with Crippen molar-refractivity contribution in [3.63, 3.8) is 0 Å². The molecule has 1 aliphatic heterocycles. The zero-order chi connectivity index (χ0) is 17.5. The first-order chi connectivity index (χ1) is 11.5. The van der Waals surface area contributed by atoms with Crippen molar-refractivity contribution in [3.8, 4) is 0 Å². The summed E-state index contributed by atoms with van der Waals surface area (Å²) in [6, 6.07) is 8.65. The predicted molar refractivity (Wildman–Crippen MR) is 98.1 cm³/mol. The number of likely N-dealkylation sites (tertiary alicyclic amines) is 1. The van der Waals surface area contributed by atoms with Gasteiger partial charge in [-0.05, 0) is 55.7 Å². The van der Waals surface area contributed by atoms with Gasteiger partial charge in [-0.15, -0.1) is 0 Å². The van der Waals surface area contributed by atoms with Crippen LogP contribution in [0.25, 0.3) is 0 Å². The van der Waals surface area contributed by atoms with E-state index in [9.17, 15) is 9.90 Å². The number of carbonyl (C=O) groups excluding carboxylic acids is 1. The second kappa shape index (κ2) is 9.19. The van der Waals surface area contributed by atoms with Gasteiger partial charge in [-0.2, -0.15) is 0 Å². The zero-order valence-corrected chi connectivity index (χ0v) is 15.3. The van der Waals surface area contributed by atoms with Gasteiger partial charge in [-0.3, -0.25) is 9.69 Å². The van der Waals surface area contributed by atoms with Crippen molar-refractivity contribution in [2.45, 2.75) is 52.1 Å². The molecule has 2 N–H and O–H groups in total. The van der Waals surface area contributed by atoms with Gasteiger partial charge in [0.1, 0.15) is 0 Å². The van der Waals surface area contributed by atoms with Gasteiger partial charge >= 0.3 is 0 Å². The Bertz CT molecular complexity index is 511. The molecule has 1 saturated heterocycles. The molecular weight excluding hydrogens is 300 g/mol. The van der Waals surface area contributed by atoms with Crippen molar-refractivity contribution in [2.24, 2.45) is 5.92 Å². The standard InChI is InChI=1S/C20H32N2O2/c1-15(2)18-8-6-17(7-9-18)10-11-21-20(24)14-22-12-4-5-19(13-22)16(3)23/h6-9,15-16,19,23H,4-5,10-14H2,1-3H3,(H,21,24). The van der Waals surface area contributed by atoms with Gasteiger partial charge in [0.2, 0.25) is 5.91 Å². The van der Waals surface area contributed by atoms with Crippen LogP contribution in [0, 0.1) is 5.92 Å². The molecule has 4 nitrogen and oxygen atoms in total. The molecule has 0 spiro atoms. The molecule has 1 amide bonds. The highest BCUT2D eigenvalue weighted by atomic mass is 16.3. The number of aliphatic hydroxyl groups is 1. The Balaban J connectivity index is 1.69. The fraction of sp³-hybridized carbons (Fsp3) is 0.650. The molecule has 24 heavy (non-hydrogen) atoms. The van der Waals surface area contributed by atoms with E-state index in [-0.39, 0.29) is 12.0 Å². The van der Waals surface area contributed by atoms with Gasteiger partial charge in [0.05, 0.1) is 12.6 Å². The highest BCUT2D eigenvalue weighted by molar-refractivity contribution is 5.78. The quantitative estimate of drug-likeness (QED) is 0.807. The molecule has 1 fully saturated rings. The van der Waals surface area contributed by atoms with Gasteiger partial charge in [0, 0.05) is 13.1 Å². The lowest BCUT2D eigenvalue weighted by Gasteiger charge is -2.33. The number of piperidine rings is 1. The lowest BCUT2D eigenvalue weighted by Crippen LogP contribution is -2.44. The normalized spacial score (nSPS) is 20.1. The Hall–Kier alpha value is -1.39. The average molecular weight is 332 g/mol. The predicted octanol–water partition coefficient (Wildman–Crippen LogP) is 2.56. The maximum Gasteiger partial charge on any atom is 0.234 e. The number of nitrogens with zero attached hydrogens (tertiary/aromatic N) is 1. The molecule has 0 bridgehead atoms. The van der Waals surface area contributed by atoms with Crippen LogP contribution >= 0.6 is 0 Å². The largest absolute Gasteiger partial charge is 0.393 e. The van der Waals surface area contributed by atoms with E-state index in [1.807, 2.05) is 6.92 Å². The van der Waals surface area contributed by atoms with Crippen LogP contribution in [0.3, 0.4) is 0 Å². The monoisotopic (exact) mass is 332 g/mol. The van der Waals surface area contributed by atoms with Crippen molar-refractivity contribution in [1.29, 1.82) is 0 Å². The molecule has 1 aromatic rings.